The molecule has 18 heavy (non-hydrogen) atoms. The third-order valence-electron chi connectivity index (χ3n) is 3.48. The van der Waals surface area contributed by atoms with Crippen LogP contribution >= 0.6 is 0 Å². The van der Waals surface area contributed by atoms with Crippen LogP contribution in [0.15, 0.2) is 0 Å². The zero-order valence-corrected chi connectivity index (χ0v) is 12.0. The number of nitrogens with one attached hydrogen (secondary N) is 2. The first kappa shape index (κ1) is 15.8. The molecule has 0 bridgehead atoms. The predicted molar refractivity (Wildman–Crippen MR) is 71.4 cm³/mol. The highest BCUT2D eigenvalue weighted by atomic mass is 32.2. The van der Waals surface area contributed by atoms with E-state index in [0.717, 1.165) is 12.8 Å². The van der Waals surface area contributed by atoms with E-state index in [-0.39, 0.29) is 12.5 Å². The summed E-state index contributed by atoms with van der Waals surface area (Å²) in [6, 6.07) is 0. The summed E-state index contributed by atoms with van der Waals surface area (Å²) in [4.78, 5) is 0. The van der Waals surface area contributed by atoms with Crippen LogP contribution in [0, 0.1) is 5.92 Å². The van der Waals surface area contributed by atoms with Gasteiger partial charge in [-0.2, -0.15) is 17.4 Å². The first-order valence-electron chi connectivity index (χ1n) is 6.64. The van der Waals surface area contributed by atoms with E-state index in [2.05, 4.69) is 10.0 Å². The van der Waals surface area contributed by atoms with Gasteiger partial charge < -0.3 is 10.4 Å². The van der Waals surface area contributed by atoms with E-state index in [9.17, 15) is 13.5 Å². The first-order valence-corrected chi connectivity index (χ1v) is 8.08. The van der Waals surface area contributed by atoms with Gasteiger partial charge in [-0.15, -0.1) is 0 Å². The molecule has 1 atom stereocenters. The van der Waals surface area contributed by atoms with E-state index in [1.807, 2.05) is 13.8 Å². The van der Waals surface area contributed by atoms with Gasteiger partial charge in [-0.25, -0.2) is 0 Å². The first-order chi connectivity index (χ1) is 8.51. The predicted octanol–water partition coefficient (Wildman–Crippen LogP) is -0.477. The molecule has 0 aromatic carbocycles. The van der Waals surface area contributed by atoms with E-state index in [4.69, 9.17) is 0 Å². The highest BCUT2D eigenvalue weighted by molar-refractivity contribution is 7.87. The topological polar surface area (TPSA) is 81.7 Å². The fourth-order valence-corrected chi connectivity index (χ4v) is 3.39. The average Bonchev–Trinajstić information content (AvgIpc) is 2.39. The molecular formula is C11H25N3O3S. The third-order valence-corrected chi connectivity index (χ3v) is 5.06. The molecule has 1 unspecified atom stereocenters. The van der Waals surface area contributed by atoms with Crippen molar-refractivity contribution in [3.8, 4) is 0 Å². The molecule has 1 aliphatic heterocycles. The summed E-state index contributed by atoms with van der Waals surface area (Å²) in [7, 11) is -3.45. The van der Waals surface area contributed by atoms with Crippen molar-refractivity contribution in [2.45, 2.75) is 32.8 Å². The van der Waals surface area contributed by atoms with Crippen molar-refractivity contribution in [2.24, 2.45) is 5.92 Å². The third kappa shape index (κ3) is 4.47. The summed E-state index contributed by atoms with van der Waals surface area (Å²) in [6.45, 7) is 6.42. The van der Waals surface area contributed by atoms with Gasteiger partial charge in [0.2, 0.25) is 0 Å². The lowest BCUT2D eigenvalue weighted by molar-refractivity contribution is 0.106. The second-order valence-electron chi connectivity index (χ2n) is 4.65. The van der Waals surface area contributed by atoms with Crippen molar-refractivity contribution in [3.63, 3.8) is 0 Å². The minimum absolute atomic E-state index is 0.0958. The normalized spacial score (nSPS) is 20.2. The fourth-order valence-electron chi connectivity index (χ4n) is 2.17. The molecule has 0 amide bonds. The summed E-state index contributed by atoms with van der Waals surface area (Å²) < 4.78 is 27.8. The quantitative estimate of drug-likeness (QED) is 0.588. The zero-order chi connectivity index (χ0) is 13.6. The number of hydrogen-bond acceptors (Lipinski definition) is 4. The number of rotatable bonds is 7. The van der Waals surface area contributed by atoms with Crippen LogP contribution in [0.5, 0.6) is 0 Å². The maximum Gasteiger partial charge on any atom is 0.279 e. The Bertz CT molecular complexity index is 324. The lowest BCUT2D eigenvalue weighted by Crippen LogP contribution is -2.51. The molecule has 1 heterocycles. The summed E-state index contributed by atoms with van der Waals surface area (Å²) >= 11 is 0. The standard InChI is InChI=1S/C11H25N3O3S/c1-3-10(4-2)11(15)9-13-18(16,17)14-7-5-12-6-8-14/h10-13,15H,3-9H2,1-2H3. The molecule has 0 aliphatic carbocycles. The van der Waals surface area contributed by atoms with E-state index in [0.29, 0.717) is 26.2 Å². The number of aliphatic hydroxyl groups excluding tert-OH is 1. The molecule has 6 nitrogen and oxygen atoms in total. The Morgan fingerprint density at radius 1 is 1.28 bits per heavy atom. The van der Waals surface area contributed by atoms with E-state index in [1.165, 1.54) is 4.31 Å². The Morgan fingerprint density at radius 2 is 1.83 bits per heavy atom. The van der Waals surface area contributed by atoms with Gasteiger partial charge in [0.25, 0.3) is 10.2 Å². The van der Waals surface area contributed by atoms with Crippen molar-refractivity contribution in [1.82, 2.24) is 14.3 Å². The van der Waals surface area contributed by atoms with Crippen LogP contribution in [-0.2, 0) is 10.2 Å². The number of nitrogens with zero attached hydrogens (tertiary/aromatic N) is 1. The van der Waals surface area contributed by atoms with Crippen LogP contribution in [-0.4, -0.2) is 56.7 Å². The van der Waals surface area contributed by atoms with E-state index in [1.54, 1.807) is 0 Å². The van der Waals surface area contributed by atoms with Gasteiger partial charge in [-0.05, 0) is 5.92 Å². The van der Waals surface area contributed by atoms with Crippen molar-refractivity contribution in [3.05, 3.63) is 0 Å². The van der Waals surface area contributed by atoms with E-state index >= 15 is 0 Å². The van der Waals surface area contributed by atoms with Gasteiger partial charge in [0.15, 0.2) is 0 Å². The molecule has 0 spiro atoms. The van der Waals surface area contributed by atoms with Crippen LogP contribution in [0.25, 0.3) is 0 Å². The van der Waals surface area contributed by atoms with Crippen molar-refractivity contribution < 1.29 is 13.5 Å². The minimum atomic E-state index is -3.45. The Hall–Kier alpha value is -0.210. The van der Waals surface area contributed by atoms with Crippen LogP contribution in [0.4, 0.5) is 0 Å². The minimum Gasteiger partial charge on any atom is -0.391 e. The van der Waals surface area contributed by atoms with Crippen LogP contribution in [0.2, 0.25) is 0 Å². The zero-order valence-electron chi connectivity index (χ0n) is 11.2. The Balaban J connectivity index is 2.45. The maximum absolute atomic E-state index is 12.0. The number of aliphatic hydroxyl groups is 1. The highest BCUT2D eigenvalue weighted by Gasteiger charge is 2.25. The highest BCUT2D eigenvalue weighted by Crippen LogP contribution is 2.12. The Morgan fingerprint density at radius 3 is 2.33 bits per heavy atom. The SMILES string of the molecule is CCC(CC)C(O)CNS(=O)(=O)N1CCNCC1. The summed E-state index contributed by atoms with van der Waals surface area (Å²) in [5.41, 5.74) is 0. The average molecular weight is 279 g/mol. The molecule has 0 aromatic rings. The second kappa shape index (κ2) is 7.40. The number of hydrogen-bond donors (Lipinski definition) is 3. The molecule has 108 valence electrons. The molecule has 0 radical (unpaired) electrons. The van der Waals surface area contributed by atoms with E-state index < -0.39 is 16.3 Å². The molecular weight excluding hydrogens is 254 g/mol. The summed E-state index contributed by atoms with van der Waals surface area (Å²) in [5.74, 6) is 0.149. The molecule has 0 saturated carbocycles. The second-order valence-corrected chi connectivity index (χ2v) is 6.40. The molecule has 1 aliphatic rings. The smallest absolute Gasteiger partial charge is 0.279 e. The molecule has 7 heteroatoms. The van der Waals surface area contributed by atoms with Crippen LogP contribution < -0.4 is 10.0 Å². The lowest BCUT2D eigenvalue weighted by Gasteiger charge is -2.28. The monoisotopic (exact) mass is 279 g/mol. The van der Waals surface area contributed by atoms with Gasteiger partial charge in [0, 0.05) is 32.7 Å². The molecule has 3 N–H and O–H groups in total. The molecule has 0 aromatic heterocycles. The Kier molecular flexibility index (Phi) is 6.51. The van der Waals surface area contributed by atoms with Crippen LogP contribution in [0.1, 0.15) is 26.7 Å². The molecule has 1 rings (SSSR count). The van der Waals surface area contributed by atoms with Gasteiger partial charge >= 0.3 is 0 Å². The largest absolute Gasteiger partial charge is 0.391 e. The van der Waals surface area contributed by atoms with Crippen LogP contribution in [0.3, 0.4) is 0 Å². The lowest BCUT2D eigenvalue weighted by atomic mass is 9.97. The fraction of sp³-hybridized carbons (Fsp3) is 1.00. The van der Waals surface area contributed by atoms with Gasteiger partial charge in [-0.3, -0.25) is 0 Å². The Labute approximate surface area is 110 Å². The summed E-state index contributed by atoms with van der Waals surface area (Å²) in [6.07, 6.45) is 1.10. The van der Waals surface area contributed by atoms with Crippen molar-refractivity contribution >= 4 is 10.2 Å². The van der Waals surface area contributed by atoms with Gasteiger partial charge in [0.05, 0.1) is 6.10 Å². The number of piperazine rings is 1. The summed E-state index contributed by atoms with van der Waals surface area (Å²) in [5, 5.41) is 13.0. The molecule has 1 fully saturated rings. The van der Waals surface area contributed by atoms with Gasteiger partial charge in [0.1, 0.15) is 0 Å². The maximum atomic E-state index is 12.0. The molecule has 1 saturated heterocycles. The van der Waals surface area contributed by atoms with Crippen molar-refractivity contribution in [1.29, 1.82) is 0 Å². The van der Waals surface area contributed by atoms with Crippen molar-refractivity contribution in [2.75, 3.05) is 32.7 Å². The van der Waals surface area contributed by atoms with Gasteiger partial charge in [-0.1, -0.05) is 26.7 Å².